The molecule has 2 rings (SSSR count). The number of nitrogens with zero attached hydrogens (tertiary/aromatic N) is 3. The first-order valence-corrected chi connectivity index (χ1v) is 4.42. The predicted octanol–water partition coefficient (Wildman–Crippen LogP) is 1.39. The van der Waals surface area contributed by atoms with Crippen molar-refractivity contribution in [2.24, 2.45) is 0 Å². The lowest BCUT2D eigenvalue weighted by Crippen LogP contribution is -1.91. The Morgan fingerprint density at radius 1 is 1.31 bits per heavy atom. The Hall–Kier alpha value is -2.44. The first kappa shape index (κ1) is 10.1. The van der Waals surface area contributed by atoms with Gasteiger partial charge in [-0.3, -0.25) is 0 Å². The zero-order valence-corrected chi connectivity index (χ0v) is 8.38. The van der Waals surface area contributed by atoms with Crippen molar-refractivity contribution in [3.63, 3.8) is 0 Å². The van der Waals surface area contributed by atoms with Crippen molar-refractivity contribution in [3.8, 4) is 17.0 Å². The van der Waals surface area contributed by atoms with Crippen LogP contribution >= 0.6 is 0 Å². The van der Waals surface area contributed by atoms with Crippen LogP contribution in [-0.2, 0) is 0 Å². The van der Waals surface area contributed by atoms with Gasteiger partial charge in [0.05, 0.1) is 12.2 Å². The topological polar surface area (TPSA) is 93.9 Å². The molecule has 1 aromatic carbocycles. The highest BCUT2D eigenvalue weighted by Crippen LogP contribution is 2.26. The van der Waals surface area contributed by atoms with Crippen molar-refractivity contribution >= 4 is 5.82 Å². The molecule has 0 amide bonds. The van der Waals surface area contributed by atoms with Crippen LogP contribution in [0.4, 0.5) is 5.82 Å². The normalized spacial score (nSPS) is 10.1. The third-order valence-corrected chi connectivity index (χ3v) is 2.07. The van der Waals surface area contributed by atoms with Gasteiger partial charge in [-0.15, -0.1) is 10.3 Å². The molecule has 82 valence electrons. The second-order valence-electron chi connectivity index (χ2n) is 2.98. The van der Waals surface area contributed by atoms with E-state index in [1.165, 1.54) is 0 Å². The van der Waals surface area contributed by atoms with Crippen LogP contribution in [0.1, 0.15) is 0 Å². The van der Waals surface area contributed by atoms with Gasteiger partial charge in [0, 0.05) is 5.56 Å². The van der Waals surface area contributed by atoms with Crippen molar-refractivity contribution in [2.75, 3.05) is 7.11 Å². The van der Waals surface area contributed by atoms with E-state index in [4.69, 9.17) is 4.74 Å². The number of hydrogen-bond donors (Lipinski definition) is 1. The van der Waals surface area contributed by atoms with E-state index in [2.05, 4.69) is 15.4 Å². The average Bonchev–Trinajstić information content (AvgIpc) is 2.78. The van der Waals surface area contributed by atoms with E-state index in [0.29, 0.717) is 11.3 Å². The first-order valence-electron chi connectivity index (χ1n) is 4.42. The molecule has 0 atom stereocenters. The maximum Gasteiger partial charge on any atom is 0.418 e. The summed E-state index contributed by atoms with van der Waals surface area (Å²) in [6.45, 7) is 0. The van der Waals surface area contributed by atoms with E-state index >= 15 is 0 Å². The lowest BCUT2D eigenvalue weighted by molar-refractivity contribution is -0.388. The number of rotatable bonds is 3. The molecule has 0 unspecified atom stereocenters. The number of methoxy groups -OCH3 is 1. The minimum atomic E-state index is -0.580. The predicted molar refractivity (Wildman–Crippen MR) is 55.0 cm³/mol. The number of ether oxygens (including phenoxy) is 1. The fourth-order valence-corrected chi connectivity index (χ4v) is 1.30. The molecule has 0 aliphatic heterocycles. The van der Waals surface area contributed by atoms with Crippen molar-refractivity contribution in [3.05, 3.63) is 34.4 Å². The Morgan fingerprint density at radius 3 is 2.56 bits per heavy atom. The van der Waals surface area contributed by atoms with Crippen LogP contribution in [0.3, 0.4) is 0 Å². The van der Waals surface area contributed by atoms with Crippen molar-refractivity contribution < 1.29 is 9.66 Å². The molecule has 0 radical (unpaired) electrons. The molecule has 1 aromatic heterocycles. The van der Waals surface area contributed by atoms with Crippen LogP contribution in [0, 0.1) is 10.1 Å². The SMILES string of the molecule is COc1ccc(-c2n[nH]nc2[N+](=O)[O-])cc1. The summed E-state index contributed by atoms with van der Waals surface area (Å²) in [6.07, 6.45) is 0. The summed E-state index contributed by atoms with van der Waals surface area (Å²) >= 11 is 0. The lowest BCUT2D eigenvalue weighted by Gasteiger charge is -1.99. The van der Waals surface area contributed by atoms with Crippen LogP contribution < -0.4 is 4.74 Å². The number of aromatic nitrogens is 3. The molecule has 16 heavy (non-hydrogen) atoms. The molecule has 7 nitrogen and oxygen atoms in total. The number of hydrogen-bond acceptors (Lipinski definition) is 5. The van der Waals surface area contributed by atoms with E-state index in [1.807, 2.05) is 0 Å². The number of benzene rings is 1. The van der Waals surface area contributed by atoms with Gasteiger partial charge in [0.1, 0.15) is 5.75 Å². The van der Waals surface area contributed by atoms with Gasteiger partial charge in [0.25, 0.3) is 0 Å². The second kappa shape index (κ2) is 3.97. The quantitative estimate of drug-likeness (QED) is 0.623. The summed E-state index contributed by atoms with van der Waals surface area (Å²) in [5.74, 6) is 0.389. The Kier molecular flexibility index (Phi) is 2.50. The van der Waals surface area contributed by atoms with Gasteiger partial charge in [-0.25, -0.2) is 0 Å². The lowest BCUT2D eigenvalue weighted by atomic mass is 10.1. The summed E-state index contributed by atoms with van der Waals surface area (Å²) in [5, 5.41) is 20.1. The maximum atomic E-state index is 10.6. The minimum Gasteiger partial charge on any atom is -0.497 e. The highest BCUT2D eigenvalue weighted by atomic mass is 16.6. The second-order valence-corrected chi connectivity index (χ2v) is 2.98. The van der Waals surface area contributed by atoms with Crippen molar-refractivity contribution in [1.29, 1.82) is 0 Å². The van der Waals surface area contributed by atoms with Gasteiger partial charge in [0.2, 0.25) is 0 Å². The largest absolute Gasteiger partial charge is 0.497 e. The summed E-state index contributed by atoms with van der Waals surface area (Å²) in [5.41, 5.74) is 0.828. The fraction of sp³-hybridized carbons (Fsp3) is 0.111. The summed E-state index contributed by atoms with van der Waals surface area (Å²) in [4.78, 5) is 10.1. The first-order chi connectivity index (χ1) is 7.72. The van der Waals surface area contributed by atoms with Gasteiger partial charge in [-0.05, 0) is 29.2 Å². The highest BCUT2D eigenvalue weighted by molar-refractivity contribution is 5.66. The smallest absolute Gasteiger partial charge is 0.418 e. The number of H-pyrrole nitrogens is 1. The molecular weight excluding hydrogens is 212 g/mol. The number of nitrogens with one attached hydrogen (secondary N) is 1. The van der Waals surface area contributed by atoms with E-state index < -0.39 is 4.92 Å². The fourth-order valence-electron chi connectivity index (χ4n) is 1.30. The zero-order valence-electron chi connectivity index (χ0n) is 8.38. The Labute approximate surface area is 90.2 Å². The van der Waals surface area contributed by atoms with Crippen molar-refractivity contribution in [1.82, 2.24) is 15.4 Å². The van der Waals surface area contributed by atoms with E-state index in [1.54, 1.807) is 31.4 Å². The number of aromatic amines is 1. The molecule has 0 spiro atoms. The van der Waals surface area contributed by atoms with Gasteiger partial charge >= 0.3 is 5.82 Å². The van der Waals surface area contributed by atoms with Gasteiger partial charge in [0.15, 0.2) is 5.69 Å². The maximum absolute atomic E-state index is 10.6. The third-order valence-electron chi connectivity index (χ3n) is 2.07. The molecule has 0 bridgehead atoms. The van der Waals surface area contributed by atoms with Gasteiger partial charge in [-0.1, -0.05) is 0 Å². The summed E-state index contributed by atoms with van der Waals surface area (Å²) < 4.78 is 4.99. The minimum absolute atomic E-state index is 0.215. The molecule has 0 aliphatic rings. The molecule has 0 aliphatic carbocycles. The molecule has 1 N–H and O–H groups in total. The molecule has 0 saturated heterocycles. The third kappa shape index (κ3) is 1.70. The Morgan fingerprint density at radius 2 is 2.00 bits per heavy atom. The molecule has 0 fully saturated rings. The van der Waals surface area contributed by atoms with Crippen LogP contribution in [-0.4, -0.2) is 27.4 Å². The monoisotopic (exact) mass is 220 g/mol. The van der Waals surface area contributed by atoms with E-state index in [0.717, 1.165) is 0 Å². The zero-order chi connectivity index (χ0) is 11.5. The molecule has 7 heteroatoms. The molecule has 1 heterocycles. The van der Waals surface area contributed by atoms with E-state index in [-0.39, 0.29) is 11.5 Å². The molecule has 0 saturated carbocycles. The number of nitro groups is 1. The summed E-state index contributed by atoms with van der Waals surface area (Å²) in [7, 11) is 1.55. The van der Waals surface area contributed by atoms with Crippen LogP contribution in [0.2, 0.25) is 0 Å². The van der Waals surface area contributed by atoms with Crippen LogP contribution in [0.15, 0.2) is 24.3 Å². The highest BCUT2D eigenvalue weighted by Gasteiger charge is 2.20. The Bertz CT molecular complexity index is 506. The summed E-state index contributed by atoms with van der Waals surface area (Å²) in [6, 6.07) is 6.77. The van der Waals surface area contributed by atoms with Gasteiger partial charge in [-0.2, -0.15) is 0 Å². The standard InChI is InChI=1S/C9H8N4O3/c1-16-7-4-2-6(3-5-7)8-9(13(14)15)11-12-10-8/h2-5H,1H3,(H,10,11,12). The Balaban J connectivity index is 2.42. The van der Waals surface area contributed by atoms with Gasteiger partial charge < -0.3 is 14.9 Å². The molecule has 2 aromatic rings. The van der Waals surface area contributed by atoms with Crippen LogP contribution in [0.5, 0.6) is 5.75 Å². The average molecular weight is 220 g/mol. The van der Waals surface area contributed by atoms with Crippen LogP contribution in [0.25, 0.3) is 11.3 Å². The van der Waals surface area contributed by atoms with Crippen molar-refractivity contribution in [2.45, 2.75) is 0 Å². The van der Waals surface area contributed by atoms with E-state index in [9.17, 15) is 10.1 Å². The molecular formula is C9H8N4O3.